The molecule has 198 valence electrons. The van der Waals surface area contributed by atoms with Gasteiger partial charge in [0.15, 0.2) is 0 Å². The van der Waals surface area contributed by atoms with Crippen molar-refractivity contribution >= 4 is 38.4 Å². The number of carboxylic acid groups (broad SMARTS) is 2. The molecule has 0 aliphatic rings. The molecular formula is C20H22F6O4P2Rh2-2. The first-order valence-electron chi connectivity index (χ1n) is 8.38. The van der Waals surface area contributed by atoms with E-state index in [0.717, 1.165) is 0 Å². The monoisotopic (exact) mass is 708 g/mol. The molecule has 0 aliphatic carbocycles. The summed E-state index contributed by atoms with van der Waals surface area (Å²) in [5.74, 6) is -5.51. The van der Waals surface area contributed by atoms with E-state index < -0.39 is 24.3 Å². The van der Waals surface area contributed by atoms with Gasteiger partial charge in [0.05, 0.1) is 0 Å². The average molecular weight is 708 g/mol. The van der Waals surface area contributed by atoms with Gasteiger partial charge >= 0.3 is 24.3 Å². The molecule has 2 aromatic rings. The maximum absolute atomic E-state index is 10.6. The predicted molar refractivity (Wildman–Crippen MR) is 115 cm³/mol. The van der Waals surface area contributed by atoms with Gasteiger partial charge < -0.3 is 10.2 Å². The number of carbonyl (C=O) groups is 2. The van der Waals surface area contributed by atoms with Crippen LogP contribution in [0.4, 0.5) is 26.3 Å². The van der Waals surface area contributed by atoms with E-state index in [9.17, 15) is 26.3 Å². The SMILES string of the molecule is CP(C)c1[c-]cccc1.CP(C)c1[c-]cccc1.O=C(O)C(F)(F)F.O=C(O)C(F)(F)F.[Rh].[Rh]. The van der Waals surface area contributed by atoms with E-state index in [1.165, 1.54) is 10.6 Å². The van der Waals surface area contributed by atoms with Crippen LogP contribution in [-0.2, 0) is 48.5 Å². The van der Waals surface area contributed by atoms with Crippen LogP contribution in [0, 0.1) is 12.1 Å². The molecule has 2 N–H and O–H groups in total. The molecule has 0 fully saturated rings. The molecule has 34 heavy (non-hydrogen) atoms. The Labute approximate surface area is 222 Å². The molecule has 14 heteroatoms. The number of benzene rings is 2. The summed E-state index contributed by atoms with van der Waals surface area (Å²) >= 11 is 0. The van der Waals surface area contributed by atoms with Crippen LogP contribution in [0.15, 0.2) is 48.5 Å². The Kier molecular flexibility index (Phi) is 24.0. The second-order valence-electron chi connectivity index (χ2n) is 5.89. The van der Waals surface area contributed by atoms with Gasteiger partial charge in [-0.3, -0.25) is 0 Å². The molecule has 2 aromatic carbocycles. The largest absolute Gasteiger partial charge is 0.490 e. The number of carboxylic acids is 2. The minimum absolute atomic E-state index is 0. The molecule has 2 rings (SSSR count). The number of aliphatic carboxylic acids is 2. The first-order valence-corrected chi connectivity index (χ1v) is 12.9. The van der Waals surface area contributed by atoms with Gasteiger partial charge in [0, 0.05) is 39.0 Å². The molecule has 0 aliphatic heterocycles. The quantitative estimate of drug-likeness (QED) is 0.200. The van der Waals surface area contributed by atoms with Crippen LogP contribution in [0.3, 0.4) is 0 Å². The summed E-state index contributed by atoms with van der Waals surface area (Å²) in [5, 5.41) is 17.0. The van der Waals surface area contributed by atoms with Crippen molar-refractivity contribution in [1.82, 2.24) is 0 Å². The standard InChI is InChI=1S/2C8H10P.2C2HF3O2.2Rh/c2*1-9(2)8-6-4-3-5-7-8;2*3-2(4,5)1(6)7;;/h2*3-6H,1-2H3;2*(H,6,7);;/q2*-1;;;;. The fraction of sp³-hybridized carbons (Fsp3) is 0.300. The molecule has 0 aromatic heterocycles. The number of hydrogen-bond donors (Lipinski definition) is 2. The Morgan fingerprint density at radius 1 is 0.676 bits per heavy atom. The summed E-state index contributed by atoms with van der Waals surface area (Å²) in [6.45, 7) is 8.95. The molecule has 0 unspecified atom stereocenters. The van der Waals surface area contributed by atoms with E-state index in [1.807, 2.05) is 24.3 Å². The van der Waals surface area contributed by atoms with Crippen molar-refractivity contribution in [3.8, 4) is 0 Å². The maximum Gasteiger partial charge on any atom is 0.490 e. The van der Waals surface area contributed by atoms with Gasteiger partial charge in [-0.15, -0.1) is 26.5 Å². The van der Waals surface area contributed by atoms with Crippen LogP contribution in [0.2, 0.25) is 0 Å². The summed E-state index contributed by atoms with van der Waals surface area (Å²) in [7, 11) is 0.0977. The van der Waals surface area contributed by atoms with Crippen molar-refractivity contribution in [2.45, 2.75) is 12.4 Å². The summed E-state index contributed by atoms with van der Waals surface area (Å²) in [4.78, 5) is 17.8. The van der Waals surface area contributed by atoms with E-state index in [1.54, 1.807) is 0 Å². The first-order chi connectivity index (χ1) is 14.5. The molecule has 4 nitrogen and oxygen atoms in total. The predicted octanol–water partition coefficient (Wildman–Crippen LogP) is 4.97. The van der Waals surface area contributed by atoms with Crippen molar-refractivity contribution in [3.05, 3.63) is 60.7 Å². The molecule has 0 amide bonds. The van der Waals surface area contributed by atoms with Crippen molar-refractivity contribution in [2.24, 2.45) is 0 Å². The molecule has 0 heterocycles. The Bertz CT molecular complexity index is 724. The van der Waals surface area contributed by atoms with Gasteiger partial charge in [-0.05, 0) is 26.7 Å². The van der Waals surface area contributed by atoms with Gasteiger partial charge in [-0.2, -0.15) is 87.0 Å². The summed E-state index contributed by atoms with van der Waals surface area (Å²) in [6.07, 6.45) is -10.2. The molecular weight excluding hydrogens is 686 g/mol. The molecule has 0 spiro atoms. The molecule has 0 atom stereocenters. The van der Waals surface area contributed by atoms with Gasteiger partial charge in [0.25, 0.3) is 0 Å². The maximum atomic E-state index is 10.6. The Balaban J connectivity index is -0.000000175. The average Bonchev–Trinajstić information content (AvgIpc) is 2.69. The minimum atomic E-state index is -5.08. The van der Waals surface area contributed by atoms with E-state index in [2.05, 4.69) is 63.1 Å². The van der Waals surface area contributed by atoms with E-state index in [0.29, 0.717) is 0 Å². The zero-order valence-electron chi connectivity index (χ0n) is 18.2. The van der Waals surface area contributed by atoms with Crippen molar-refractivity contribution in [1.29, 1.82) is 0 Å². The van der Waals surface area contributed by atoms with E-state index in [4.69, 9.17) is 19.8 Å². The Hall–Kier alpha value is -0.933. The first kappa shape index (κ1) is 40.2. The van der Waals surface area contributed by atoms with Crippen LogP contribution in [0.1, 0.15) is 0 Å². The van der Waals surface area contributed by atoms with Crippen molar-refractivity contribution in [2.75, 3.05) is 26.7 Å². The van der Waals surface area contributed by atoms with E-state index >= 15 is 0 Å². The van der Waals surface area contributed by atoms with Crippen molar-refractivity contribution in [3.63, 3.8) is 0 Å². The number of rotatable bonds is 2. The normalized spacial score (nSPS) is 10.0. The van der Waals surface area contributed by atoms with Crippen molar-refractivity contribution < 1.29 is 85.1 Å². The van der Waals surface area contributed by atoms with Crippen LogP contribution < -0.4 is 10.6 Å². The third-order valence-corrected chi connectivity index (χ3v) is 5.32. The molecule has 2 radical (unpaired) electrons. The number of halogens is 6. The Morgan fingerprint density at radius 3 is 1.00 bits per heavy atom. The van der Waals surface area contributed by atoms with Gasteiger partial charge in [-0.25, -0.2) is 9.59 Å². The zero-order chi connectivity index (χ0) is 25.5. The number of alkyl halides is 6. The summed E-state index contributed by atoms with van der Waals surface area (Å²) < 4.78 is 63.5. The van der Waals surface area contributed by atoms with Crippen LogP contribution in [-0.4, -0.2) is 61.2 Å². The van der Waals surface area contributed by atoms with E-state index in [-0.39, 0.29) is 54.8 Å². The topological polar surface area (TPSA) is 74.6 Å². The molecule has 0 bridgehead atoms. The second kappa shape index (κ2) is 20.3. The molecule has 0 saturated carbocycles. The zero-order valence-corrected chi connectivity index (χ0v) is 23.2. The fourth-order valence-corrected chi connectivity index (χ4v) is 2.76. The van der Waals surface area contributed by atoms with Gasteiger partial charge in [0.1, 0.15) is 0 Å². The van der Waals surface area contributed by atoms with Gasteiger partial charge in [0.2, 0.25) is 0 Å². The van der Waals surface area contributed by atoms with Crippen LogP contribution in [0.25, 0.3) is 0 Å². The van der Waals surface area contributed by atoms with Crippen LogP contribution >= 0.6 is 15.8 Å². The minimum Gasteiger partial charge on any atom is -0.475 e. The van der Waals surface area contributed by atoms with Gasteiger partial charge in [-0.1, -0.05) is 0 Å². The van der Waals surface area contributed by atoms with Crippen LogP contribution in [0.5, 0.6) is 0 Å². The molecule has 0 saturated heterocycles. The third kappa shape index (κ3) is 22.8. The Morgan fingerprint density at radius 2 is 0.912 bits per heavy atom. The number of hydrogen-bond acceptors (Lipinski definition) is 2. The fourth-order valence-electron chi connectivity index (χ4n) is 1.32. The second-order valence-corrected chi connectivity index (χ2v) is 10.4. The summed E-state index contributed by atoms with van der Waals surface area (Å²) in [5.41, 5.74) is 0. The smallest absolute Gasteiger partial charge is 0.475 e. The third-order valence-electron chi connectivity index (χ3n) is 2.83. The summed E-state index contributed by atoms with van der Waals surface area (Å²) in [6, 6.07) is 22.7.